The SMILES string of the molecule is C[C@H]([C]1[CH][CH][CH][C]1P(c1cc(C(F)(F)F)cc(C(F)(F)F)c1)c1cc(C(F)(F)F)cc(C(F)(F)F)c1)P(C1CCCCC1)C1CCCCC1.C[n+]1ccn(CCCNC(=O)[C]2[CH][CH][CH][CH]2)c1.O=S(=O)([N-]S(=O)(=O)C(F)(F)F)C(F)(F)F.[Fe+2]. The van der Waals surface area contributed by atoms with Gasteiger partial charge in [0.05, 0.1) is 41.8 Å². The van der Waals surface area contributed by atoms with E-state index < -0.39 is 104 Å². The largest absolute Gasteiger partial charge is 2.00 e. The van der Waals surface area contributed by atoms with Gasteiger partial charge in [0.15, 0.2) is 20.0 Å². The Labute approximate surface area is 477 Å². The van der Waals surface area contributed by atoms with E-state index in [1.807, 2.05) is 62.9 Å². The second kappa shape index (κ2) is 28.7. The van der Waals surface area contributed by atoms with E-state index >= 15 is 0 Å². The monoisotopic (exact) mass is 1310 g/mol. The van der Waals surface area contributed by atoms with Gasteiger partial charge in [-0.3, -0.25) is 4.79 Å². The van der Waals surface area contributed by atoms with Crippen LogP contribution in [0, 0.1) is 62.4 Å². The molecule has 456 valence electrons. The van der Waals surface area contributed by atoms with Crippen molar-refractivity contribution in [1.29, 1.82) is 0 Å². The van der Waals surface area contributed by atoms with Gasteiger partial charge in [-0.05, 0) is 148 Å². The predicted molar refractivity (Wildman–Crippen MR) is 266 cm³/mol. The first kappa shape index (κ1) is 71.6. The van der Waals surface area contributed by atoms with E-state index in [4.69, 9.17) is 0 Å². The van der Waals surface area contributed by atoms with Crippen molar-refractivity contribution in [2.75, 3.05) is 6.54 Å². The summed E-state index contributed by atoms with van der Waals surface area (Å²) in [6.45, 7) is 3.58. The van der Waals surface area contributed by atoms with E-state index in [9.17, 15) is 101 Å². The van der Waals surface area contributed by atoms with Crippen LogP contribution in [0.3, 0.4) is 0 Å². The van der Waals surface area contributed by atoms with E-state index in [0.717, 1.165) is 87.2 Å². The molecule has 7 rings (SSSR count). The van der Waals surface area contributed by atoms with E-state index in [1.165, 1.54) is 6.42 Å². The molecule has 0 spiro atoms. The predicted octanol–water partition coefficient (Wildman–Crippen LogP) is 13.7. The Morgan fingerprint density at radius 3 is 1.38 bits per heavy atom. The van der Waals surface area contributed by atoms with Gasteiger partial charge in [-0.25, -0.2) is 26.0 Å². The van der Waals surface area contributed by atoms with Crippen molar-refractivity contribution in [1.82, 2.24) is 9.88 Å². The van der Waals surface area contributed by atoms with Gasteiger partial charge in [0.1, 0.15) is 12.4 Å². The maximum Gasteiger partial charge on any atom is 2.00 e. The average Bonchev–Trinajstić information content (AvgIpc) is 4.20. The molecule has 4 aliphatic rings. The topological polar surface area (TPSA) is 120 Å². The second-order valence-electron chi connectivity index (χ2n) is 19.0. The van der Waals surface area contributed by atoms with E-state index in [0.29, 0.717) is 48.0 Å². The third kappa shape index (κ3) is 19.8. The van der Waals surface area contributed by atoms with Gasteiger partial charge < -0.3 is 9.44 Å². The zero-order valence-corrected chi connectivity index (χ0v) is 47.4. The first-order chi connectivity index (χ1) is 37.2. The zero-order chi connectivity index (χ0) is 60.7. The normalized spacial score (nSPS) is 18.7. The number of hydrogen-bond acceptors (Lipinski definition) is 5. The summed E-state index contributed by atoms with van der Waals surface area (Å²) in [5, 5.41) is 1.63. The number of amides is 1. The van der Waals surface area contributed by atoms with Crippen LogP contribution in [0.1, 0.15) is 99.8 Å². The molecule has 3 aromatic rings. The molecule has 0 saturated heterocycles. The van der Waals surface area contributed by atoms with Gasteiger partial charge in [-0.1, -0.05) is 53.4 Å². The first-order valence-corrected chi connectivity index (χ1v) is 30.3. The van der Waals surface area contributed by atoms with E-state index in [-0.39, 0.29) is 46.4 Å². The molecule has 1 heterocycles. The molecular weight excluding hydrogens is 1260 g/mol. The number of carbonyl (C=O) groups is 1. The summed E-state index contributed by atoms with van der Waals surface area (Å²) < 4.78 is 282. The molecule has 10 radical (unpaired) electrons. The summed E-state index contributed by atoms with van der Waals surface area (Å²) >= 11 is 0. The van der Waals surface area contributed by atoms with Crippen LogP contribution in [0.15, 0.2) is 55.1 Å². The molecule has 9 nitrogen and oxygen atoms in total. The van der Waals surface area contributed by atoms with Crippen molar-refractivity contribution in [3.8, 4) is 0 Å². The van der Waals surface area contributed by atoms with E-state index in [1.54, 1.807) is 12.8 Å². The molecule has 32 heteroatoms. The molecule has 1 amide bonds. The van der Waals surface area contributed by atoms with Gasteiger partial charge in [0, 0.05) is 18.6 Å². The summed E-state index contributed by atoms with van der Waals surface area (Å²) in [6, 6.07) is 1.54. The number of alkyl halides is 18. The van der Waals surface area contributed by atoms with Crippen molar-refractivity contribution in [3.05, 3.63) is 144 Å². The fourth-order valence-corrected chi connectivity index (χ4v) is 18.2. The van der Waals surface area contributed by atoms with Crippen molar-refractivity contribution >= 4 is 52.4 Å². The molecule has 1 atom stereocenters. The van der Waals surface area contributed by atoms with Gasteiger partial charge in [0.25, 0.3) is 0 Å². The molecule has 0 bridgehead atoms. The molecular formula is C50H52F18FeN4O5P2S2+2. The fraction of sp³-hybridized carbons (Fsp3) is 0.480. The minimum absolute atomic E-state index is 0. The molecule has 1 aromatic heterocycles. The number of carbonyl (C=O) groups excluding carboxylic acids is 1. The van der Waals surface area contributed by atoms with Crippen LogP contribution in [0.2, 0.25) is 0 Å². The molecule has 1 N–H and O–H groups in total. The van der Waals surface area contributed by atoms with Crippen molar-refractivity contribution in [2.45, 2.75) is 137 Å². The number of rotatable bonds is 14. The fourth-order valence-electron chi connectivity index (χ4n) is 9.33. The Morgan fingerprint density at radius 1 is 0.622 bits per heavy atom. The standard InChI is InChI=1S/C35H35F12P2.C13H16N3O.C2F6NO4S2.Fe/c1-21(48(26-9-4-2-5-10-26)27-11-6-3-7-12-27)30-13-8-14-31(30)49(28-17-22(32(36,37)38)15-23(18-28)33(39,40)41)29-19-24(34(42,43)44)16-25(20-29)35(45,46)47;1-15-9-10-16(11-15)8-4-7-14-13(17)12-5-2-3-6-12;3-1(4,5)14(10,11)9-15(12,13)2(6,7)8;/h8,13-21,26-27H,2-7,9-12H2,1H3;2-3,5-6,9-11H,4,7-8H2,1H3;;/q;;-1;+2/p+1/t21-;;;/m1.../s1. The van der Waals surface area contributed by atoms with Crippen LogP contribution in [-0.4, -0.2) is 61.8 Å². The molecule has 4 aliphatic carbocycles. The van der Waals surface area contributed by atoms with Gasteiger partial charge in [0.2, 0.25) is 12.2 Å². The van der Waals surface area contributed by atoms with Crippen molar-refractivity contribution < 1.29 is 122 Å². The number of halogens is 18. The number of sulfonamides is 2. The third-order valence-electron chi connectivity index (χ3n) is 13.0. The Kier molecular flexibility index (Phi) is 25.1. The number of aromatic nitrogens is 2. The Hall–Kier alpha value is -2.90. The van der Waals surface area contributed by atoms with Crippen LogP contribution >= 0.6 is 15.8 Å². The minimum Gasteiger partial charge on any atom is -0.421 e. The maximum absolute atomic E-state index is 14.1. The first-order valence-electron chi connectivity index (χ1n) is 24.5. The maximum atomic E-state index is 14.1. The molecule has 2 aromatic carbocycles. The number of hydrogen-bond donors (Lipinski definition) is 1. The van der Waals surface area contributed by atoms with Gasteiger partial charge in [-0.15, -0.1) is 0 Å². The smallest absolute Gasteiger partial charge is 0.421 e. The zero-order valence-electron chi connectivity index (χ0n) is 42.9. The minimum atomic E-state index is -6.72. The number of nitrogens with zero attached hydrogens (tertiary/aromatic N) is 3. The number of imidazole rings is 1. The second-order valence-corrected chi connectivity index (χ2v) is 27.7. The molecule has 0 unspecified atom stereocenters. The van der Waals surface area contributed by atoms with Crippen LogP contribution in [0.5, 0.6) is 0 Å². The van der Waals surface area contributed by atoms with Crippen LogP contribution < -0.4 is 20.5 Å². The summed E-state index contributed by atoms with van der Waals surface area (Å²) in [7, 11) is -15.0. The van der Waals surface area contributed by atoms with E-state index in [2.05, 4.69) is 9.88 Å². The third-order valence-corrected chi connectivity index (χ3v) is 22.1. The molecule has 0 aliphatic heterocycles. The van der Waals surface area contributed by atoms with Gasteiger partial charge in [-0.2, -0.15) is 79.0 Å². The molecule has 82 heavy (non-hydrogen) atoms. The van der Waals surface area contributed by atoms with Crippen molar-refractivity contribution in [3.63, 3.8) is 0 Å². The van der Waals surface area contributed by atoms with Crippen LogP contribution in [-0.2, 0) is 80.2 Å². The Bertz CT molecular complexity index is 2580. The van der Waals surface area contributed by atoms with Crippen molar-refractivity contribution in [2.24, 2.45) is 7.05 Å². The summed E-state index contributed by atoms with van der Waals surface area (Å²) in [5.41, 5.74) is -18.5. The summed E-state index contributed by atoms with van der Waals surface area (Å²) in [5.74, 6) is 1.30. The number of nitrogens with one attached hydrogen (secondary N) is 1. The van der Waals surface area contributed by atoms with Crippen LogP contribution in [0.25, 0.3) is 4.13 Å². The number of aryl methyl sites for hydroxylation is 2. The number of benzene rings is 2. The average molecular weight is 1310 g/mol. The molecule has 4 fully saturated rings. The Morgan fingerprint density at radius 2 is 1.02 bits per heavy atom. The van der Waals surface area contributed by atoms with Gasteiger partial charge >= 0.3 is 52.8 Å². The summed E-state index contributed by atoms with van der Waals surface area (Å²) in [4.78, 5) is 11.6. The van der Waals surface area contributed by atoms with Crippen LogP contribution in [0.4, 0.5) is 79.0 Å². The molecule has 4 saturated carbocycles. The Balaban J connectivity index is 0.000000356. The quantitative estimate of drug-likeness (QED) is 0.0567. The summed E-state index contributed by atoms with van der Waals surface area (Å²) in [6.07, 6.45) is 8.10.